The van der Waals surface area contributed by atoms with Crippen LogP contribution in [0.5, 0.6) is 5.75 Å². The van der Waals surface area contributed by atoms with Crippen LogP contribution in [0.25, 0.3) is 0 Å². The number of fused-ring (bicyclic) bond motifs is 1. The van der Waals surface area contributed by atoms with E-state index in [1.807, 2.05) is 18.2 Å². The fourth-order valence-corrected chi connectivity index (χ4v) is 6.30. The molecule has 3 heterocycles. The van der Waals surface area contributed by atoms with E-state index in [1.165, 1.54) is 15.6 Å². The van der Waals surface area contributed by atoms with E-state index in [0.717, 1.165) is 12.0 Å². The van der Waals surface area contributed by atoms with Gasteiger partial charge in [-0.25, -0.2) is 8.42 Å². The highest BCUT2D eigenvalue weighted by molar-refractivity contribution is 7.91. The standard InChI is InChI=1S/C19H21NO4S2/c1-2-14-5-6-17-15(12-14)16(21)13-19(24-17)7-9-20(10-8-19)26(22,23)18-4-3-11-25-18/h3-6,11-12H,2,7-10,13H2,1H3. The van der Waals surface area contributed by atoms with Crippen LogP contribution in [0.15, 0.2) is 39.9 Å². The zero-order valence-electron chi connectivity index (χ0n) is 14.6. The number of ketones is 1. The van der Waals surface area contributed by atoms with Crippen LogP contribution < -0.4 is 4.74 Å². The summed E-state index contributed by atoms with van der Waals surface area (Å²) in [6.07, 6.45) is 2.25. The number of nitrogens with zero attached hydrogens (tertiary/aromatic N) is 1. The highest BCUT2D eigenvalue weighted by atomic mass is 32.2. The molecular weight excluding hydrogens is 370 g/mol. The van der Waals surface area contributed by atoms with E-state index in [4.69, 9.17) is 4.74 Å². The van der Waals surface area contributed by atoms with Gasteiger partial charge in [-0.3, -0.25) is 4.79 Å². The smallest absolute Gasteiger partial charge is 0.252 e. The molecule has 0 N–H and O–H groups in total. The van der Waals surface area contributed by atoms with Crippen molar-refractivity contribution in [2.75, 3.05) is 13.1 Å². The molecule has 1 saturated heterocycles. The van der Waals surface area contributed by atoms with Crippen LogP contribution in [0, 0.1) is 0 Å². The first kappa shape index (κ1) is 17.7. The zero-order chi connectivity index (χ0) is 18.4. The van der Waals surface area contributed by atoms with Crippen LogP contribution in [0.4, 0.5) is 0 Å². The molecule has 26 heavy (non-hydrogen) atoms. The van der Waals surface area contributed by atoms with Crippen LogP contribution in [0.3, 0.4) is 0 Å². The number of hydrogen-bond acceptors (Lipinski definition) is 5. The molecule has 0 atom stereocenters. The largest absolute Gasteiger partial charge is 0.486 e. The van der Waals surface area contributed by atoms with Gasteiger partial charge >= 0.3 is 0 Å². The number of carbonyl (C=O) groups is 1. The molecule has 2 aliphatic heterocycles. The molecule has 0 amide bonds. The molecule has 0 aliphatic carbocycles. The molecule has 7 heteroatoms. The fourth-order valence-electron chi connectivity index (χ4n) is 3.71. The Balaban J connectivity index is 1.53. The second-order valence-electron chi connectivity index (χ2n) is 6.91. The molecule has 1 aromatic heterocycles. The number of ether oxygens (including phenoxy) is 1. The second kappa shape index (κ2) is 6.48. The Hall–Kier alpha value is -1.70. The van der Waals surface area contributed by atoms with Crippen molar-refractivity contribution in [3.8, 4) is 5.75 Å². The summed E-state index contributed by atoms with van der Waals surface area (Å²) in [5.41, 5.74) is 1.19. The molecule has 1 spiro atoms. The lowest BCUT2D eigenvalue weighted by atomic mass is 9.82. The first-order valence-electron chi connectivity index (χ1n) is 8.82. The average Bonchev–Trinajstić information content (AvgIpc) is 3.17. The van der Waals surface area contributed by atoms with Crippen molar-refractivity contribution >= 4 is 27.1 Å². The third kappa shape index (κ3) is 2.98. The number of Topliss-reactive ketones (excluding diaryl/α,β-unsaturated/α-hetero) is 1. The minimum absolute atomic E-state index is 0.0936. The maximum Gasteiger partial charge on any atom is 0.252 e. The molecule has 1 aromatic carbocycles. The quantitative estimate of drug-likeness (QED) is 0.803. The summed E-state index contributed by atoms with van der Waals surface area (Å²) in [4.78, 5) is 12.7. The molecule has 0 radical (unpaired) electrons. The third-order valence-electron chi connectivity index (χ3n) is 5.28. The van der Waals surface area contributed by atoms with Gasteiger partial charge in [-0.15, -0.1) is 11.3 Å². The average molecular weight is 392 g/mol. The van der Waals surface area contributed by atoms with Crippen LogP contribution in [0.2, 0.25) is 0 Å². The van der Waals surface area contributed by atoms with Gasteiger partial charge in [0.1, 0.15) is 15.6 Å². The van der Waals surface area contributed by atoms with Gasteiger partial charge in [0.05, 0.1) is 12.0 Å². The van der Waals surface area contributed by atoms with E-state index < -0.39 is 15.6 Å². The predicted octanol–water partition coefficient (Wildman–Crippen LogP) is 3.50. The molecule has 138 valence electrons. The Morgan fingerprint density at radius 1 is 1.23 bits per heavy atom. The van der Waals surface area contributed by atoms with Crippen LogP contribution in [-0.2, 0) is 16.4 Å². The van der Waals surface area contributed by atoms with Gasteiger partial charge in [0.15, 0.2) is 5.78 Å². The predicted molar refractivity (Wildman–Crippen MR) is 100 cm³/mol. The first-order chi connectivity index (χ1) is 12.4. The minimum atomic E-state index is -3.45. The highest BCUT2D eigenvalue weighted by Gasteiger charge is 2.45. The number of thiophene rings is 1. The van der Waals surface area contributed by atoms with Crippen molar-refractivity contribution in [2.45, 2.75) is 42.4 Å². The van der Waals surface area contributed by atoms with Crippen molar-refractivity contribution in [1.29, 1.82) is 0 Å². The number of carbonyl (C=O) groups excluding carboxylic acids is 1. The van der Waals surface area contributed by atoms with Crippen molar-refractivity contribution < 1.29 is 17.9 Å². The summed E-state index contributed by atoms with van der Waals surface area (Å²) < 4.78 is 33.5. The highest BCUT2D eigenvalue weighted by Crippen LogP contribution is 2.40. The molecule has 2 aromatic rings. The molecule has 0 bridgehead atoms. The Kier molecular flexibility index (Phi) is 4.41. The van der Waals surface area contributed by atoms with Gasteiger partial charge in [0.2, 0.25) is 0 Å². The van der Waals surface area contributed by atoms with E-state index in [-0.39, 0.29) is 5.78 Å². The van der Waals surface area contributed by atoms with Gasteiger partial charge in [-0.2, -0.15) is 4.31 Å². The molecule has 0 saturated carbocycles. The van der Waals surface area contributed by atoms with Crippen LogP contribution >= 0.6 is 11.3 Å². The van der Waals surface area contributed by atoms with Gasteiger partial charge in [-0.1, -0.05) is 19.1 Å². The Morgan fingerprint density at radius 2 is 2.00 bits per heavy atom. The fraction of sp³-hybridized carbons (Fsp3) is 0.421. The number of piperidine rings is 1. The van der Waals surface area contributed by atoms with Gasteiger partial charge in [0, 0.05) is 25.9 Å². The number of sulfonamides is 1. The van der Waals surface area contributed by atoms with E-state index in [0.29, 0.717) is 47.9 Å². The van der Waals surface area contributed by atoms with Crippen molar-refractivity contribution in [1.82, 2.24) is 4.31 Å². The van der Waals surface area contributed by atoms with Gasteiger partial charge in [0.25, 0.3) is 10.0 Å². The number of benzene rings is 1. The lowest BCUT2D eigenvalue weighted by Gasteiger charge is -2.43. The summed E-state index contributed by atoms with van der Waals surface area (Å²) in [6.45, 7) is 2.80. The van der Waals surface area contributed by atoms with Crippen LogP contribution in [-0.4, -0.2) is 37.2 Å². The van der Waals surface area contributed by atoms with Crippen molar-refractivity contribution in [3.63, 3.8) is 0 Å². The Bertz CT molecular complexity index is 926. The lowest BCUT2D eigenvalue weighted by Crippen LogP contribution is -2.52. The summed E-state index contributed by atoms with van der Waals surface area (Å²) in [5.74, 6) is 0.726. The lowest BCUT2D eigenvalue weighted by molar-refractivity contribution is 0.00591. The topological polar surface area (TPSA) is 63.7 Å². The van der Waals surface area contributed by atoms with E-state index in [9.17, 15) is 13.2 Å². The monoisotopic (exact) mass is 391 g/mol. The van der Waals surface area contributed by atoms with Crippen molar-refractivity contribution in [3.05, 3.63) is 46.8 Å². The Morgan fingerprint density at radius 3 is 2.65 bits per heavy atom. The first-order valence-corrected chi connectivity index (χ1v) is 11.1. The van der Waals surface area contributed by atoms with E-state index in [2.05, 4.69) is 6.92 Å². The summed E-state index contributed by atoms with van der Waals surface area (Å²) >= 11 is 1.23. The number of aryl methyl sites for hydroxylation is 1. The SMILES string of the molecule is CCc1ccc2c(c1)C(=O)CC1(CCN(S(=O)(=O)c3cccs3)CC1)O2. The molecule has 0 unspecified atom stereocenters. The summed E-state index contributed by atoms with van der Waals surface area (Å²) in [5, 5.41) is 1.77. The third-order valence-corrected chi connectivity index (χ3v) is 8.56. The van der Waals surface area contributed by atoms with E-state index >= 15 is 0 Å². The minimum Gasteiger partial charge on any atom is -0.486 e. The molecular formula is C19H21NO4S2. The number of rotatable bonds is 3. The summed E-state index contributed by atoms with van der Waals surface area (Å²) in [6, 6.07) is 9.16. The van der Waals surface area contributed by atoms with Gasteiger partial charge < -0.3 is 4.74 Å². The molecule has 4 rings (SSSR count). The molecule has 5 nitrogen and oxygen atoms in total. The molecule has 2 aliphatic rings. The molecule has 1 fully saturated rings. The van der Waals surface area contributed by atoms with Gasteiger partial charge in [-0.05, 0) is 35.6 Å². The zero-order valence-corrected chi connectivity index (χ0v) is 16.2. The Labute approximate surface area is 157 Å². The maximum absolute atomic E-state index is 12.7. The van der Waals surface area contributed by atoms with E-state index in [1.54, 1.807) is 17.5 Å². The van der Waals surface area contributed by atoms with Crippen molar-refractivity contribution in [2.24, 2.45) is 0 Å². The normalized spacial score (nSPS) is 20.0. The number of hydrogen-bond donors (Lipinski definition) is 0. The second-order valence-corrected chi connectivity index (χ2v) is 10.0. The summed E-state index contributed by atoms with van der Waals surface area (Å²) in [7, 11) is -3.45. The van der Waals surface area contributed by atoms with Crippen LogP contribution in [0.1, 0.15) is 42.1 Å². The maximum atomic E-state index is 12.7.